The number of aliphatic hydroxyl groups is 1. The van der Waals surface area contributed by atoms with Crippen LogP contribution in [0.3, 0.4) is 0 Å². The van der Waals surface area contributed by atoms with Crippen LogP contribution in [-0.4, -0.2) is 30.6 Å². The second kappa shape index (κ2) is 6.82. The molecule has 2 N–H and O–H groups in total. The van der Waals surface area contributed by atoms with Gasteiger partial charge in [-0.05, 0) is 25.5 Å². The predicted octanol–water partition coefficient (Wildman–Crippen LogP) is 2.19. The summed E-state index contributed by atoms with van der Waals surface area (Å²) in [7, 11) is -4.09. The highest BCUT2D eigenvalue weighted by atomic mass is 79.9. The van der Waals surface area contributed by atoms with Crippen molar-refractivity contribution in [2.75, 3.05) is 6.54 Å². The van der Waals surface area contributed by atoms with Crippen molar-refractivity contribution in [3.8, 4) is 0 Å². The van der Waals surface area contributed by atoms with Crippen molar-refractivity contribution in [2.24, 2.45) is 0 Å². The van der Waals surface area contributed by atoms with E-state index in [-0.39, 0.29) is 6.54 Å². The fourth-order valence-corrected chi connectivity index (χ4v) is 3.68. The van der Waals surface area contributed by atoms with Gasteiger partial charge in [-0.2, -0.15) is 0 Å². The monoisotopic (exact) mass is 380 g/mol. The summed E-state index contributed by atoms with van der Waals surface area (Å²) in [5.74, 6) is 0. The van der Waals surface area contributed by atoms with E-state index in [9.17, 15) is 23.6 Å². The largest absolute Gasteiger partial charge is 0.389 e. The number of hydrogen-bond donors (Lipinski definition) is 2. The summed E-state index contributed by atoms with van der Waals surface area (Å²) in [6.07, 6.45) is 1.10. The molecule has 1 aromatic rings. The maximum Gasteiger partial charge on any atom is 0.289 e. The Morgan fingerprint density at radius 3 is 2.62 bits per heavy atom. The minimum absolute atomic E-state index is 0.215. The Hall–Kier alpha value is -1.03. The Bertz CT molecular complexity index is 631. The molecule has 0 heterocycles. The van der Waals surface area contributed by atoms with Crippen molar-refractivity contribution in [3.05, 3.63) is 32.8 Å². The normalized spacial score (nSPS) is 14.7. The zero-order valence-electron chi connectivity index (χ0n) is 11.7. The molecule has 1 rings (SSSR count). The second-order valence-corrected chi connectivity index (χ2v) is 7.59. The number of benzene rings is 1. The van der Waals surface area contributed by atoms with Crippen molar-refractivity contribution >= 4 is 31.6 Å². The average Bonchev–Trinajstić information content (AvgIpc) is 2.36. The molecule has 0 saturated heterocycles. The number of nitrogens with zero attached hydrogens (tertiary/aromatic N) is 1. The number of nitro groups is 1. The van der Waals surface area contributed by atoms with E-state index in [1.54, 1.807) is 0 Å². The molecule has 21 heavy (non-hydrogen) atoms. The van der Waals surface area contributed by atoms with Crippen LogP contribution in [-0.2, 0) is 10.0 Å². The van der Waals surface area contributed by atoms with Crippen LogP contribution in [0.25, 0.3) is 0 Å². The summed E-state index contributed by atoms with van der Waals surface area (Å²) in [4.78, 5) is 9.74. The van der Waals surface area contributed by atoms with Crippen molar-refractivity contribution in [3.63, 3.8) is 0 Å². The highest BCUT2D eigenvalue weighted by Crippen LogP contribution is 2.27. The van der Waals surface area contributed by atoms with Crippen LogP contribution in [0.15, 0.2) is 27.6 Å². The number of sulfonamides is 1. The Labute approximate surface area is 131 Å². The Balaban J connectivity index is 3.09. The third-order valence-electron chi connectivity index (χ3n) is 2.84. The van der Waals surface area contributed by atoms with Gasteiger partial charge in [-0.1, -0.05) is 29.3 Å². The fraction of sp³-hybridized carbons (Fsp3) is 0.500. The molecule has 1 atom stereocenters. The first-order valence-electron chi connectivity index (χ1n) is 6.25. The number of nitro benzene ring substituents is 1. The molecule has 0 aliphatic carbocycles. The van der Waals surface area contributed by atoms with Crippen molar-refractivity contribution in [1.29, 1.82) is 0 Å². The van der Waals surface area contributed by atoms with Crippen LogP contribution in [0.1, 0.15) is 26.7 Å². The van der Waals surface area contributed by atoms with Crippen LogP contribution in [0.4, 0.5) is 5.69 Å². The van der Waals surface area contributed by atoms with Gasteiger partial charge in [0.15, 0.2) is 4.90 Å². The van der Waals surface area contributed by atoms with Crippen LogP contribution in [0.2, 0.25) is 0 Å². The third kappa shape index (κ3) is 5.03. The van der Waals surface area contributed by atoms with Gasteiger partial charge >= 0.3 is 0 Å². The van der Waals surface area contributed by atoms with Gasteiger partial charge in [0.05, 0.1) is 10.5 Å². The standard InChI is InChI=1S/C12H17BrN2O5S/c1-3-6-12(2,16)8-14-21(19,20)11-7-9(13)4-5-10(11)15(17)18/h4-5,7,14,16H,3,6,8H2,1-2H3. The summed E-state index contributed by atoms with van der Waals surface area (Å²) < 4.78 is 27.1. The third-order valence-corrected chi connectivity index (χ3v) is 4.76. The van der Waals surface area contributed by atoms with Gasteiger partial charge in [-0.15, -0.1) is 0 Å². The van der Waals surface area contributed by atoms with Crippen molar-refractivity contribution < 1.29 is 18.4 Å². The molecule has 9 heteroatoms. The highest BCUT2D eigenvalue weighted by molar-refractivity contribution is 9.10. The SMILES string of the molecule is CCCC(C)(O)CNS(=O)(=O)c1cc(Br)ccc1[N+](=O)[O-]. The molecule has 0 amide bonds. The van der Waals surface area contributed by atoms with Crippen molar-refractivity contribution in [1.82, 2.24) is 4.72 Å². The number of nitrogens with one attached hydrogen (secondary N) is 1. The Kier molecular flexibility index (Phi) is 5.85. The molecule has 0 bridgehead atoms. The molecular weight excluding hydrogens is 364 g/mol. The fourth-order valence-electron chi connectivity index (χ4n) is 1.81. The Morgan fingerprint density at radius 1 is 1.48 bits per heavy atom. The minimum Gasteiger partial charge on any atom is -0.389 e. The maximum absolute atomic E-state index is 12.2. The van der Waals surface area contributed by atoms with Crippen LogP contribution >= 0.6 is 15.9 Å². The molecule has 7 nitrogen and oxygen atoms in total. The lowest BCUT2D eigenvalue weighted by Gasteiger charge is -2.22. The molecule has 0 aliphatic rings. The summed E-state index contributed by atoms with van der Waals surface area (Å²) in [5.41, 5.74) is -1.72. The molecule has 0 aromatic heterocycles. The first kappa shape index (κ1) is 18.0. The van der Waals surface area contributed by atoms with Crippen LogP contribution in [0.5, 0.6) is 0 Å². The molecule has 0 fully saturated rings. The molecule has 0 radical (unpaired) electrons. The Morgan fingerprint density at radius 2 is 2.10 bits per heavy atom. The topological polar surface area (TPSA) is 110 Å². The van der Waals surface area contributed by atoms with Gasteiger partial charge in [0.25, 0.3) is 5.69 Å². The summed E-state index contributed by atoms with van der Waals surface area (Å²) >= 11 is 3.09. The average molecular weight is 381 g/mol. The molecule has 118 valence electrons. The quantitative estimate of drug-likeness (QED) is 0.556. The summed E-state index contributed by atoms with van der Waals surface area (Å²) in [5, 5.41) is 20.9. The highest BCUT2D eigenvalue weighted by Gasteiger charge is 2.28. The van der Waals surface area contributed by atoms with Gasteiger partial charge in [0.1, 0.15) is 0 Å². The maximum atomic E-state index is 12.2. The van der Waals surface area contributed by atoms with E-state index in [0.29, 0.717) is 17.3 Å². The van der Waals surface area contributed by atoms with Gasteiger partial charge in [0.2, 0.25) is 10.0 Å². The molecule has 0 aliphatic heterocycles. The lowest BCUT2D eigenvalue weighted by Crippen LogP contribution is -2.40. The lowest BCUT2D eigenvalue weighted by atomic mass is 10.0. The molecule has 1 unspecified atom stereocenters. The van der Waals surface area contributed by atoms with Crippen LogP contribution < -0.4 is 4.72 Å². The van der Waals surface area contributed by atoms with E-state index in [1.807, 2.05) is 6.92 Å². The minimum atomic E-state index is -4.09. The van der Waals surface area contributed by atoms with E-state index in [2.05, 4.69) is 20.7 Å². The van der Waals surface area contributed by atoms with Gasteiger partial charge in [-0.3, -0.25) is 10.1 Å². The van der Waals surface area contributed by atoms with E-state index < -0.39 is 31.1 Å². The smallest absolute Gasteiger partial charge is 0.289 e. The molecule has 0 spiro atoms. The number of rotatable bonds is 7. The zero-order valence-corrected chi connectivity index (χ0v) is 14.1. The predicted molar refractivity (Wildman–Crippen MR) is 81.5 cm³/mol. The van der Waals surface area contributed by atoms with Crippen LogP contribution in [0, 0.1) is 10.1 Å². The van der Waals surface area contributed by atoms with E-state index in [1.165, 1.54) is 13.0 Å². The van der Waals surface area contributed by atoms with Gasteiger partial charge in [-0.25, -0.2) is 13.1 Å². The van der Waals surface area contributed by atoms with E-state index in [0.717, 1.165) is 12.1 Å². The van der Waals surface area contributed by atoms with Gasteiger partial charge < -0.3 is 5.11 Å². The summed E-state index contributed by atoms with van der Waals surface area (Å²) in [6.45, 7) is 3.16. The molecule has 1 aromatic carbocycles. The van der Waals surface area contributed by atoms with Gasteiger partial charge in [0, 0.05) is 17.1 Å². The zero-order chi connectivity index (χ0) is 16.3. The van der Waals surface area contributed by atoms with E-state index >= 15 is 0 Å². The first-order valence-corrected chi connectivity index (χ1v) is 8.52. The first-order chi connectivity index (χ1) is 9.59. The molecule has 0 saturated carbocycles. The van der Waals surface area contributed by atoms with Crippen molar-refractivity contribution in [2.45, 2.75) is 37.2 Å². The lowest BCUT2D eigenvalue weighted by molar-refractivity contribution is -0.387. The number of hydrogen-bond acceptors (Lipinski definition) is 5. The second-order valence-electron chi connectivity index (χ2n) is 4.94. The summed E-state index contributed by atoms with van der Waals surface area (Å²) in [6, 6.07) is 3.67. The van der Waals surface area contributed by atoms with E-state index in [4.69, 9.17) is 0 Å². The molecular formula is C12H17BrN2O5S. The number of halogens is 1.